The minimum Gasteiger partial charge on any atom is -0.515 e. The first kappa shape index (κ1) is 10.9. The van der Waals surface area contributed by atoms with Crippen LogP contribution in [0.15, 0.2) is 30.5 Å². The molecule has 0 saturated heterocycles. The highest BCUT2D eigenvalue weighted by Crippen LogP contribution is 2.18. The summed E-state index contributed by atoms with van der Waals surface area (Å²) < 4.78 is 0. The summed E-state index contributed by atoms with van der Waals surface area (Å²) in [7, 11) is 0. The Hall–Kier alpha value is -2.17. The molecule has 0 aliphatic heterocycles. The number of Topliss-reactive ketones (excluding diaryl/α,β-unsaturated/α-hetero) is 1. The van der Waals surface area contributed by atoms with Gasteiger partial charge in [0.25, 0.3) is 5.69 Å². The Morgan fingerprint density at radius 2 is 1.93 bits per heavy atom. The smallest absolute Gasteiger partial charge is 0.269 e. The molecule has 1 rings (SSSR count). The Kier molecular flexibility index (Phi) is 3.17. The zero-order chi connectivity index (χ0) is 11.4. The lowest BCUT2D eigenvalue weighted by atomic mass is 10.0. The number of hydrogen-bond acceptors (Lipinski definition) is 4. The fourth-order valence-electron chi connectivity index (χ4n) is 1.13. The fraction of sp³-hybridized carbons (Fsp3) is 0.100. The molecule has 0 atom stereocenters. The number of nitro groups is 1. The van der Waals surface area contributed by atoms with Crippen molar-refractivity contribution in [2.75, 3.05) is 0 Å². The van der Waals surface area contributed by atoms with Gasteiger partial charge >= 0.3 is 0 Å². The Morgan fingerprint density at radius 1 is 1.40 bits per heavy atom. The molecule has 78 valence electrons. The minimum atomic E-state index is -0.528. The number of carbonyl (C=O) groups is 1. The molecule has 0 bridgehead atoms. The second kappa shape index (κ2) is 4.36. The predicted molar refractivity (Wildman–Crippen MR) is 54.4 cm³/mol. The first-order valence-corrected chi connectivity index (χ1v) is 4.16. The van der Waals surface area contributed by atoms with E-state index in [1.54, 1.807) is 0 Å². The summed E-state index contributed by atoms with van der Waals surface area (Å²) in [5.74, 6) is -0.300. The van der Waals surface area contributed by atoms with Gasteiger partial charge in [-0.05, 0) is 24.6 Å². The van der Waals surface area contributed by atoms with Crippen molar-refractivity contribution in [3.63, 3.8) is 0 Å². The van der Waals surface area contributed by atoms with Crippen LogP contribution >= 0.6 is 0 Å². The molecule has 0 unspecified atom stereocenters. The summed E-state index contributed by atoms with van der Waals surface area (Å²) in [6.07, 6.45) is 0.698. The topological polar surface area (TPSA) is 80.4 Å². The van der Waals surface area contributed by atoms with Crippen LogP contribution in [-0.4, -0.2) is 15.8 Å². The van der Waals surface area contributed by atoms with E-state index >= 15 is 0 Å². The third-order valence-corrected chi connectivity index (χ3v) is 1.90. The summed E-state index contributed by atoms with van der Waals surface area (Å²) in [4.78, 5) is 20.9. The maximum Gasteiger partial charge on any atom is 0.269 e. The molecule has 0 fully saturated rings. The van der Waals surface area contributed by atoms with Gasteiger partial charge < -0.3 is 5.11 Å². The number of benzene rings is 1. The van der Waals surface area contributed by atoms with Gasteiger partial charge in [-0.3, -0.25) is 14.9 Å². The van der Waals surface area contributed by atoms with Gasteiger partial charge in [-0.1, -0.05) is 0 Å². The van der Waals surface area contributed by atoms with Gasteiger partial charge in [0, 0.05) is 12.1 Å². The van der Waals surface area contributed by atoms with E-state index in [0.717, 1.165) is 0 Å². The van der Waals surface area contributed by atoms with E-state index in [-0.39, 0.29) is 17.0 Å². The molecule has 5 nitrogen and oxygen atoms in total. The average Bonchev–Trinajstić information content (AvgIpc) is 2.19. The number of aliphatic hydroxyl groups excluding tert-OH is 1. The normalized spacial score (nSPS) is 11.1. The van der Waals surface area contributed by atoms with Crippen molar-refractivity contribution in [2.24, 2.45) is 0 Å². The van der Waals surface area contributed by atoms with Gasteiger partial charge in [-0.2, -0.15) is 0 Å². The van der Waals surface area contributed by atoms with Crippen molar-refractivity contribution in [2.45, 2.75) is 6.92 Å². The van der Waals surface area contributed by atoms with E-state index in [1.165, 1.54) is 31.2 Å². The van der Waals surface area contributed by atoms with E-state index in [2.05, 4.69) is 0 Å². The first-order valence-electron chi connectivity index (χ1n) is 4.16. The summed E-state index contributed by atoms with van der Waals surface area (Å²) in [5.41, 5.74) is 0.528. The summed E-state index contributed by atoms with van der Waals surface area (Å²) in [6, 6.07) is 5.40. The summed E-state index contributed by atoms with van der Waals surface area (Å²) in [5, 5.41) is 19.2. The van der Waals surface area contributed by atoms with Crippen LogP contribution in [0.1, 0.15) is 12.5 Å². The molecular formula is C10H9NO4. The second-order valence-electron chi connectivity index (χ2n) is 2.90. The zero-order valence-corrected chi connectivity index (χ0v) is 8.01. The van der Waals surface area contributed by atoms with Crippen molar-refractivity contribution >= 4 is 17.0 Å². The molecule has 0 amide bonds. The molecule has 0 radical (unpaired) electrons. The van der Waals surface area contributed by atoms with Crippen LogP contribution in [-0.2, 0) is 4.79 Å². The number of carbonyl (C=O) groups excluding carboxylic acids is 1. The molecule has 0 saturated carbocycles. The molecule has 1 N–H and O–H groups in total. The van der Waals surface area contributed by atoms with E-state index in [0.29, 0.717) is 11.8 Å². The van der Waals surface area contributed by atoms with Crippen molar-refractivity contribution in [1.82, 2.24) is 0 Å². The Bertz CT molecular complexity index is 420. The van der Waals surface area contributed by atoms with Crippen LogP contribution in [0.25, 0.3) is 5.57 Å². The number of rotatable bonds is 3. The Balaban J connectivity index is 3.08. The van der Waals surface area contributed by atoms with E-state index < -0.39 is 4.92 Å². The van der Waals surface area contributed by atoms with Gasteiger partial charge in [0.1, 0.15) is 0 Å². The van der Waals surface area contributed by atoms with Gasteiger partial charge in [0.05, 0.1) is 16.8 Å². The quantitative estimate of drug-likeness (QED) is 0.356. The number of nitro benzene ring substituents is 1. The molecule has 15 heavy (non-hydrogen) atoms. The van der Waals surface area contributed by atoms with Gasteiger partial charge in [0.2, 0.25) is 0 Å². The van der Waals surface area contributed by atoms with E-state index in [4.69, 9.17) is 5.11 Å². The van der Waals surface area contributed by atoms with Crippen LogP contribution in [0.5, 0.6) is 0 Å². The fourth-order valence-corrected chi connectivity index (χ4v) is 1.13. The molecule has 0 heterocycles. The maximum absolute atomic E-state index is 11.0. The number of hydrogen-bond donors (Lipinski definition) is 1. The highest BCUT2D eigenvalue weighted by atomic mass is 16.6. The van der Waals surface area contributed by atoms with Gasteiger partial charge in [-0.25, -0.2) is 0 Å². The number of allylic oxidation sites excluding steroid dienone is 1. The monoisotopic (exact) mass is 207 g/mol. The Morgan fingerprint density at radius 3 is 2.27 bits per heavy atom. The predicted octanol–water partition coefficient (Wildman–Crippen LogP) is 2.08. The van der Waals surface area contributed by atoms with Crippen LogP contribution < -0.4 is 0 Å². The number of non-ortho nitro benzene ring substituents is 1. The third-order valence-electron chi connectivity index (χ3n) is 1.90. The lowest BCUT2D eigenvalue weighted by molar-refractivity contribution is -0.384. The molecule has 0 aromatic heterocycles. The molecule has 0 aliphatic carbocycles. The van der Waals surface area contributed by atoms with Gasteiger partial charge in [0.15, 0.2) is 5.78 Å². The van der Waals surface area contributed by atoms with Crippen molar-refractivity contribution in [1.29, 1.82) is 0 Å². The first-order chi connectivity index (χ1) is 7.06. The number of ketones is 1. The van der Waals surface area contributed by atoms with Gasteiger partial charge in [-0.15, -0.1) is 0 Å². The van der Waals surface area contributed by atoms with Crippen LogP contribution in [0, 0.1) is 10.1 Å². The van der Waals surface area contributed by atoms with Crippen LogP contribution in [0.2, 0.25) is 0 Å². The largest absolute Gasteiger partial charge is 0.515 e. The highest BCUT2D eigenvalue weighted by molar-refractivity contribution is 6.19. The standard InChI is InChI=1S/C10H9NO4/c1-7(13)10(6-12)8-2-4-9(5-3-8)11(14)15/h2-6,12H,1H3/b10-6+. The van der Waals surface area contributed by atoms with Crippen molar-refractivity contribution in [3.8, 4) is 0 Å². The molecule has 0 spiro atoms. The Labute approximate surface area is 85.8 Å². The van der Waals surface area contributed by atoms with Crippen molar-refractivity contribution < 1.29 is 14.8 Å². The van der Waals surface area contributed by atoms with E-state index in [9.17, 15) is 14.9 Å². The van der Waals surface area contributed by atoms with E-state index in [1.807, 2.05) is 0 Å². The molecular weight excluding hydrogens is 198 g/mol. The second-order valence-corrected chi connectivity index (χ2v) is 2.90. The van der Waals surface area contributed by atoms with Crippen LogP contribution in [0.3, 0.4) is 0 Å². The lowest BCUT2D eigenvalue weighted by Crippen LogP contribution is -1.96. The zero-order valence-electron chi connectivity index (χ0n) is 8.01. The molecule has 5 heteroatoms. The summed E-state index contributed by atoms with van der Waals surface area (Å²) in [6.45, 7) is 1.31. The molecule has 1 aromatic rings. The number of nitrogens with zero attached hydrogens (tertiary/aromatic N) is 1. The lowest BCUT2D eigenvalue weighted by Gasteiger charge is -2.01. The van der Waals surface area contributed by atoms with Crippen molar-refractivity contribution in [3.05, 3.63) is 46.2 Å². The van der Waals surface area contributed by atoms with Crippen LogP contribution in [0.4, 0.5) is 5.69 Å². The summed E-state index contributed by atoms with van der Waals surface area (Å²) >= 11 is 0. The SMILES string of the molecule is CC(=O)/C(=C\O)c1ccc([N+](=O)[O-])cc1. The number of aliphatic hydroxyl groups is 1. The maximum atomic E-state index is 11.0. The molecule has 0 aliphatic rings. The third kappa shape index (κ3) is 2.40. The minimum absolute atomic E-state index is 0.0559. The average molecular weight is 207 g/mol. The molecule has 1 aromatic carbocycles. The highest BCUT2D eigenvalue weighted by Gasteiger charge is 2.09.